The summed E-state index contributed by atoms with van der Waals surface area (Å²) in [5, 5.41) is 3.95. The zero-order valence-corrected chi connectivity index (χ0v) is 24.9. The Labute approximate surface area is 247 Å². The van der Waals surface area contributed by atoms with Crippen LogP contribution < -0.4 is 14.8 Å². The van der Waals surface area contributed by atoms with Gasteiger partial charge < -0.3 is 19.7 Å². The van der Waals surface area contributed by atoms with Crippen LogP contribution in [0.2, 0.25) is 10.0 Å². The molecule has 1 N–H and O–H groups in total. The third-order valence-electron chi connectivity index (χ3n) is 6.41. The van der Waals surface area contributed by atoms with Crippen molar-refractivity contribution >= 4 is 35.0 Å². The zero-order valence-electron chi connectivity index (χ0n) is 23.4. The summed E-state index contributed by atoms with van der Waals surface area (Å²) < 4.78 is 11.4. The van der Waals surface area contributed by atoms with Gasteiger partial charge in [-0.3, -0.25) is 9.59 Å². The number of carbonyl (C=O) groups is 2. The van der Waals surface area contributed by atoms with Crippen molar-refractivity contribution in [2.75, 3.05) is 19.8 Å². The topological polar surface area (TPSA) is 67.9 Å². The van der Waals surface area contributed by atoms with Gasteiger partial charge in [0.25, 0.3) is 0 Å². The molecule has 0 saturated heterocycles. The van der Waals surface area contributed by atoms with Crippen molar-refractivity contribution in [3.05, 3.63) is 93.5 Å². The summed E-state index contributed by atoms with van der Waals surface area (Å²) in [4.78, 5) is 29.0. The fourth-order valence-electron chi connectivity index (χ4n) is 4.40. The number of nitrogens with one attached hydrogen (secondary N) is 1. The summed E-state index contributed by atoms with van der Waals surface area (Å²) in [6.07, 6.45) is 1.85. The number of aryl methyl sites for hydroxylation is 1. The Morgan fingerprint density at radius 2 is 1.60 bits per heavy atom. The van der Waals surface area contributed by atoms with E-state index in [2.05, 4.69) is 5.32 Å². The van der Waals surface area contributed by atoms with Crippen LogP contribution in [0.4, 0.5) is 0 Å². The summed E-state index contributed by atoms with van der Waals surface area (Å²) in [6.45, 7) is 7.58. The van der Waals surface area contributed by atoms with Gasteiger partial charge in [-0.1, -0.05) is 72.6 Å². The van der Waals surface area contributed by atoms with Crippen molar-refractivity contribution in [1.82, 2.24) is 10.2 Å². The Morgan fingerprint density at radius 1 is 0.875 bits per heavy atom. The maximum atomic E-state index is 13.9. The largest absolute Gasteiger partial charge is 0.490 e. The van der Waals surface area contributed by atoms with Crippen LogP contribution in [0.15, 0.2) is 66.7 Å². The first kappa shape index (κ1) is 31.3. The quantitative estimate of drug-likeness (QED) is 0.211. The molecule has 40 heavy (non-hydrogen) atoms. The van der Waals surface area contributed by atoms with E-state index in [-0.39, 0.29) is 24.8 Å². The van der Waals surface area contributed by atoms with Gasteiger partial charge in [-0.05, 0) is 67.6 Å². The predicted octanol–water partition coefficient (Wildman–Crippen LogP) is 6.89. The van der Waals surface area contributed by atoms with Crippen LogP contribution in [0, 0.1) is 0 Å². The number of amides is 2. The second-order valence-corrected chi connectivity index (χ2v) is 10.2. The molecule has 8 heteroatoms. The number of benzene rings is 3. The first-order valence-electron chi connectivity index (χ1n) is 13.8. The minimum absolute atomic E-state index is 0.148. The van der Waals surface area contributed by atoms with Crippen LogP contribution in [-0.2, 0) is 29.0 Å². The maximum Gasteiger partial charge on any atom is 0.243 e. The van der Waals surface area contributed by atoms with E-state index >= 15 is 0 Å². The Hall–Kier alpha value is -3.22. The summed E-state index contributed by atoms with van der Waals surface area (Å²) in [7, 11) is 0. The first-order chi connectivity index (χ1) is 19.4. The van der Waals surface area contributed by atoms with Crippen molar-refractivity contribution in [2.24, 2.45) is 0 Å². The average Bonchev–Trinajstić information content (AvgIpc) is 2.95. The van der Waals surface area contributed by atoms with Crippen molar-refractivity contribution in [3.8, 4) is 11.5 Å². The first-order valence-corrected chi connectivity index (χ1v) is 14.5. The van der Waals surface area contributed by atoms with E-state index < -0.39 is 6.04 Å². The molecule has 0 radical (unpaired) electrons. The molecule has 0 unspecified atom stereocenters. The standard InChI is InChI=1S/C32H38Cl2N2O4/c1-4-18-35-32(38)28(19-23-10-8-7-9-11-23)36(22-25-14-15-26(33)21-27(25)34)31(37)17-13-24-12-16-29(39-5-2)30(20-24)40-6-3/h7-12,14-16,20-21,28H,4-6,13,17-19,22H2,1-3H3,(H,35,38)/t28-/m0/s1. The van der Waals surface area contributed by atoms with E-state index in [1.165, 1.54) is 0 Å². The van der Waals surface area contributed by atoms with E-state index in [1.807, 2.05) is 69.3 Å². The second kappa shape index (κ2) is 16.1. The van der Waals surface area contributed by atoms with Gasteiger partial charge in [0.05, 0.1) is 13.2 Å². The monoisotopic (exact) mass is 584 g/mol. The lowest BCUT2D eigenvalue weighted by Gasteiger charge is -2.32. The third-order valence-corrected chi connectivity index (χ3v) is 7.00. The van der Waals surface area contributed by atoms with Crippen LogP contribution in [0.3, 0.4) is 0 Å². The van der Waals surface area contributed by atoms with Crippen molar-refractivity contribution in [1.29, 1.82) is 0 Å². The van der Waals surface area contributed by atoms with Crippen LogP contribution in [0.25, 0.3) is 0 Å². The summed E-state index contributed by atoms with van der Waals surface area (Å²) in [6, 6.07) is 19.9. The molecule has 214 valence electrons. The van der Waals surface area contributed by atoms with E-state index in [1.54, 1.807) is 23.1 Å². The molecule has 0 fully saturated rings. The Balaban J connectivity index is 1.91. The highest BCUT2D eigenvalue weighted by atomic mass is 35.5. The molecule has 0 aliphatic heterocycles. The lowest BCUT2D eigenvalue weighted by atomic mass is 10.0. The molecule has 0 saturated carbocycles. The zero-order chi connectivity index (χ0) is 28.9. The molecular weight excluding hydrogens is 547 g/mol. The molecule has 0 aliphatic rings. The van der Waals surface area contributed by atoms with Gasteiger partial charge in [0.2, 0.25) is 11.8 Å². The van der Waals surface area contributed by atoms with Gasteiger partial charge in [-0.25, -0.2) is 0 Å². The summed E-state index contributed by atoms with van der Waals surface area (Å²) in [5.41, 5.74) is 2.63. The fraction of sp³-hybridized carbons (Fsp3) is 0.375. The highest BCUT2D eigenvalue weighted by molar-refractivity contribution is 6.35. The molecule has 3 aromatic rings. The molecule has 0 heterocycles. The smallest absolute Gasteiger partial charge is 0.243 e. The Bertz CT molecular complexity index is 1250. The second-order valence-electron chi connectivity index (χ2n) is 9.40. The molecule has 0 aromatic heterocycles. The lowest BCUT2D eigenvalue weighted by molar-refractivity contribution is -0.141. The Morgan fingerprint density at radius 3 is 2.27 bits per heavy atom. The molecule has 0 bridgehead atoms. The van der Waals surface area contributed by atoms with Crippen LogP contribution in [0.1, 0.15) is 50.3 Å². The number of hydrogen-bond donors (Lipinski definition) is 1. The molecule has 0 spiro atoms. The number of rotatable bonds is 15. The van der Waals surface area contributed by atoms with Gasteiger partial charge in [-0.15, -0.1) is 0 Å². The normalized spacial score (nSPS) is 11.5. The molecule has 1 atom stereocenters. The molecule has 0 aliphatic carbocycles. The van der Waals surface area contributed by atoms with Gasteiger partial charge in [-0.2, -0.15) is 0 Å². The molecule has 6 nitrogen and oxygen atoms in total. The van der Waals surface area contributed by atoms with Gasteiger partial charge in [0.15, 0.2) is 11.5 Å². The number of halogens is 2. The minimum Gasteiger partial charge on any atom is -0.490 e. The van der Waals surface area contributed by atoms with Crippen LogP contribution >= 0.6 is 23.2 Å². The lowest BCUT2D eigenvalue weighted by Crippen LogP contribution is -2.50. The van der Waals surface area contributed by atoms with E-state index in [0.29, 0.717) is 54.1 Å². The van der Waals surface area contributed by atoms with Gasteiger partial charge in [0, 0.05) is 36.0 Å². The fourth-order valence-corrected chi connectivity index (χ4v) is 4.87. The van der Waals surface area contributed by atoms with E-state index in [9.17, 15) is 9.59 Å². The highest BCUT2D eigenvalue weighted by Gasteiger charge is 2.30. The maximum absolute atomic E-state index is 13.9. The molecule has 2 amide bonds. The number of ether oxygens (including phenoxy) is 2. The van der Waals surface area contributed by atoms with E-state index in [0.717, 1.165) is 23.1 Å². The van der Waals surface area contributed by atoms with Crippen LogP contribution in [-0.4, -0.2) is 42.5 Å². The molecule has 3 rings (SSSR count). The minimum atomic E-state index is -0.715. The van der Waals surface area contributed by atoms with Crippen LogP contribution in [0.5, 0.6) is 11.5 Å². The summed E-state index contributed by atoms with van der Waals surface area (Å²) in [5.74, 6) is 0.989. The number of hydrogen-bond acceptors (Lipinski definition) is 4. The predicted molar refractivity (Wildman–Crippen MR) is 161 cm³/mol. The van der Waals surface area contributed by atoms with E-state index in [4.69, 9.17) is 32.7 Å². The molecule has 3 aromatic carbocycles. The van der Waals surface area contributed by atoms with Crippen molar-refractivity contribution < 1.29 is 19.1 Å². The SMILES string of the molecule is CCCNC(=O)[C@H](Cc1ccccc1)N(Cc1ccc(Cl)cc1Cl)C(=O)CCc1ccc(OCC)c(OCC)c1. The van der Waals surface area contributed by atoms with Gasteiger partial charge >= 0.3 is 0 Å². The number of nitrogens with zero attached hydrogens (tertiary/aromatic N) is 1. The van der Waals surface area contributed by atoms with Crippen molar-refractivity contribution in [2.45, 2.75) is 59.0 Å². The van der Waals surface area contributed by atoms with Gasteiger partial charge in [0.1, 0.15) is 6.04 Å². The summed E-state index contributed by atoms with van der Waals surface area (Å²) >= 11 is 12.6. The Kier molecular flexibility index (Phi) is 12.6. The average molecular weight is 586 g/mol. The molecular formula is C32H38Cl2N2O4. The highest BCUT2D eigenvalue weighted by Crippen LogP contribution is 2.29. The van der Waals surface area contributed by atoms with Crippen molar-refractivity contribution in [3.63, 3.8) is 0 Å². The number of carbonyl (C=O) groups excluding carboxylic acids is 2. The third kappa shape index (κ3) is 9.17.